The molecule has 6 nitrogen and oxygen atoms in total. The van der Waals surface area contributed by atoms with Crippen LogP contribution in [-0.2, 0) is 9.53 Å². The average molecular weight is 365 g/mol. The molecule has 27 heavy (non-hydrogen) atoms. The van der Waals surface area contributed by atoms with Crippen LogP contribution in [0.2, 0.25) is 0 Å². The zero-order valence-corrected chi connectivity index (χ0v) is 15.5. The molecule has 1 N–H and O–H groups in total. The van der Waals surface area contributed by atoms with Crippen LogP contribution in [0.5, 0.6) is 0 Å². The second-order valence-electron chi connectivity index (χ2n) is 6.42. The number of benzene rings is 1. The third kappa shape index (κ3) is 4.53. The van der Waals surface area contributed by atoms with E-state index in [0.29, 0.717) is 5.65 Å². The lowest BCUT2D eigenvalue weighted by Crippen LogP contribution is -2.32. The predicted molar refractivity (Wildman–Crippen MR) is 102 cm³/mol. The molecule has 0 aliphatic heterocycles. The van der Waals surface area contributed by atoms with Crippen molar-refractivity contribution < 1.29 is 14.3 Å². The molecule has 3 aromatic rings. The van der Waals surface area contributed by atoms with E-state index in [1.54, 1.807) is 6.20 Å². The summed E-state index contributed by atoms with van der Waals surface area (Å²) in [7, 11) is 0. The Kier molecular flexibility index (Phi) is 5.86. The van der Waals surface area contributed by atoms with Gasteiger partial charge in [0.05, 0.1) is 6.04 Å². The Labute approximate surface area is 158 Å². The molecule has 6 heteroatoms. The van der Waals surface area contributed by atoms with Gasteiger partial charge in [-0.3, -0.25) is 4.79 Å². The number of aromatic nitrogens is 2. The van der Waals surface area contributed by atoms with Gasteiger partial charge in [0.25, 0.3) is 5.91 Å². The number of carbonyl (C=O) groups excluding carboxylic acids is 2. The van der Waals surface area contributed by atoms with Crippen molar-refractivity contribution in [2.24, 2.45) is 0 Å². The van der Waals surface area contributed by atoms with Crippen molar-refractivity contribution in [2.75, 3.05) is 6.61 Å². The van der Waals surface area contributed by atoms with Gasteiger partial charge in [-0.25, -0.2) is 9.78 Å². The maximum Gasteiger partial charge on any atom is 0.359 e. The molecule has 1 aromatic carbocycles. The Hall–Kier alpha value is -3.15. The summed E-state index contributed by atoms with van der Waals surface area (Å²) < 4.78 is 6.96. The molecule has 1 amide bonds. The van der Waals surface area contributed by atoms with E-state index in [1.807, 2.05) is 59.9 Å². The van der Waals surface area contributed by atoms with Crippen LogP contribution in [0.3, 0.4) is 0 Å². The number of imidazole rings is 1. The minimum atomic E-state index is -0.611. The number of nitrogens with one attached hydrogen (secondary N) is 1. The Bertz CT molecular complexity index is 934. The molecule has 0 spiro atoms. The third-order valence-corrected chi connectivity index (χ3v) is 4.35. The van der Waals surface area contributed by atoms with E-state index in [4.69, 9.17) is 4.74 Å². The summed E-state index contributed by atoms with van der Waals surface area (Å²) in [6, 6.07) is 15.3. The van der Waals surface area contributed by atoms with E-state index in [0.717, 1.165) is 24.1 Å². The summed E-state index contributed by atoms with van der Waals surface area (Å²) >= 11 is 0. The van der Waals surface area contributed by atoms with Crippen molar-refractivity contribution >= 4 is 17.5 Å². The van der Waals surface area contributed by atoms with Crippen LogP contribution >= 0.6 is 0 Å². The molecule has 3 rings (SSSR count). The number of ether oxygens (including phenoxy) is 1. The van der Waals surface area contributed by atoms with Gasteiger partial charge in [-0.05, 0) is 31.0 Å². The summed E-state index contributed by atoms with van der Waals surface area (Å²) in [6.07, 6.45) is 3.37. The second kappa shape index (κ2) is 8.49. The largest absolute Gasteiger partial charge is 0.451 e. The minimum Gasteiger partial charge on any atom is -0.451 e. The van der Waals surface area contributed by atoms with E-state index in [9.17, 15) is 9.59 Å². The standard InChI is InChI=1S/C21H23N3O3/c1-3-8-17(16-10-5-4-6-11-16)23-20(25)14-27-21(26)18-13-24-15(2)9-7-12-19(24)22-18/h4-7,9-13,17H,3,8,14H2,1-2H3,(H,23,25)/t17-/m1/s1. The number of nitrogens with zero attached hydrogens (tertiary/aromatic N) is 2. The quantitative estimate of drug-likeness (QED) is 0.651. The fourth-order valence-corrected chi connectivity index (χ4v) is 2.98. The second-order valence-corrected chi connectivity index (χ2v) is 6.42. The maximum absolute atomic E-state index is 12.2. The fourth-order valence-electron chi connectivity index (χ4n) is 2.98. The Morgan fingerprint density at radius 2 is 1.93 bits per heavy atom. The molecule has 0 aliphatic rings. The molecule has 1 atom stereocenters. The molecular weight excluding hydrogens is 342 g/mol. The number of hydrogen-bond donors (Lipinski definition) is 1. The van der Waals surface area contributed by atoms with Gasteiger partial charge in [0.2, 0.25) is 0 Å². The number of aryl methyl sites for hydroxylation is 1. The highest BCUT2D eigenvalue weighted by Gasteiger charge is 2.17. The highest BCUT2D eigenvalue weighted by Crippen LogP contribution is 2.18. The van der Waals surface area contributed by atoms with E-state index in [2.05, 4.69) is 17.2 Å². The van der Waals surface area contributed by atoms with Gasteiger partial charge in [-0.1, -0.05) is 49.7 Å². The van der Waals surface area contributed by atoms with Crippen LogP contribution in [-0.4, -0.2) is 27.9 Å². The van der Waals surface area contributed by atoms with Crippen molar-refractivity contribution in [1.29, 1.82) is 0 Å². The smallest absolute Gasteiger partial charge is 0.359 e. The van der Waals surface area contributed by atoms with Crippen LogP contribution in [0.1, 0.15) is 47.6 Å². The van der Waals surface area contributed by atoms with Crippen molar-refractivity contribution in [3.8, 4) is 0 Å². The molecule has 0 radical (unpaired) electrons. The number of esters is 1. The summed E-state index contributed by atoms with van der Waals surface area (Å²) in [5, 5.41) is 2.93. The van der Waals surface area contributed by atoms with Crippen molar-refractivity contribution in [2.45, 2.75) is 32.7 Å². The van der Waals surface area contributed by atoms with Gasteiger partial charge >= 0.3 is 5.97 Å². The SMILES string of the molecule is CCC[C@@H](NC(=O)COC(=O)c1cn2c(C)cccc2n1)c1ccccc1. The van der Waals surface area contributed by atoms with Crippen molar-refractivity contribution in [3.05, 3.63) is 71.7 Å². The first-order valence-corrected chi connectivity index (χ1v) is 9.04. The van der Waals surface area contributed by atoms with E-state index < -0.39 is 5.97 Å². The Morgan fingerprint density at radius 3 is 2.63 bits per heavy atom. The van der Waals surface area contributed by atoms with Crippen molar-refractivity contribution in [1.82, 2.24) is 14.7 Å². The number of fused-ring (bicyclic) bond motifs is 1. The molecule has 0 unspecified atom stereocenters. The molecule has 0 fully saturated rings. The van der Waals surface area contributed by atoms with Gasteiger partial charge in [0.15, 0.2) is 12.3 Å². The first-order chi connectivity index (χ1) is 13.1. The van der Waals surface area contributed by atoms with Crippen LogP contribution < -0.4 is 5.32 Å². The summed E-state index contributed by atoms with van der Waals surface area (Å²) in [6.45, 7) is 3.65. The maximum atomic E-state index is 12.2. The van der Waals surface area contributed by atoms with Crippen LogP contribution in [0.15, 0.2) is 54.7 Å². The van der Waals surface area contributed by atoms with Crippen molar-refractivity contribution in [3.63, 3.8) is 0 Å². The lowest BCUT2D eigenvalue weighted by atomic mass is 10.0. The van der Waals surface area contributed by atoms with Crippen LogP contribution in [0.4, 0.5) is 0 Å². The van der Waals surface area contributed by atoms with Crippen LogP contribution in [0, 0.1) is 6.92 Å². The molecule has 140 valence electrons. The summed E-state index contributed by atoms with van der Waals surface area (Å²) in [5.41, 5.74) is 2.85. The molecule has 2 aromatic heterocycles. The lowest BCUT2D eigenvalue weighted by Gasteiger charge is -2.18. The molecule has 2 heterocycles. The predicted octanol–water partition coefficient (Wildman–Crippen LogP) is 3.46. The van der Waals surface area contributed by atoms with Gasteiger partial charge in [-0.15, -0.1) is 0 Å². The van der Waals surface area contributed by atoms with Crippen LogP contribution in [0.25, 0.3) is 5.65 Å². The van der Waals surface area contributed by atoms with E-state index in [-0.39, 0.29) is 24.2 Å². The number of hydrogen-bond acceptors (Lipinski definition) is 4. The third-order valence-electron chi connectivity index (χ3n) is 4.35. The van der Waals surface area contributed by atoms with Gasteiger partial charge in [0, 0.05) is 11.9 Å². The van der Waals surface area contributed by atoms with Gasteiger partial charge < -0.3 is 14.5 Å². The Balaban J connectivity index is 1.60. The molecular formula is C21H23N3O3. The first kappa shape index (κ1) is 18.6. The zero-order chi connectivity index (χ0) is 19.2. The number of amides is 1. The summed E-state index contributed by atoms with van der Waals surface area (Å²) in [5.74, 6) is -0.939. The van der Waals surface area contributed by atoms with Gasteiger partial charge in [-0.2, -0.15) is 0 Å². The van der Waals surface area contributed by atoms with E-state index >= 15 is 0 Å². The lowest BCUT2D eigenvalue weighted by molar-refractivity contribution is -0.125. The highest BCUT2D eigenvalue weighted by molar-refractivity contribution is 5.90. The first-order valence-electron chi connectivity index (χ1n) is 9.04. The molecule has 0 aliphatic carbocycles. The average Bonchev–Trinajstić information content (AvgIpc) is 3.12. The highest BCUT2D eigenvalue weighted by atomic mass is 16.5. The zero-order valence-electron chi connectivity index (χ0n) is 15.5. The minimum absolute atomic E-state index is 0.0970. The fraction of sp³-hybridized carbons (Fsp3) is 0.286. The number of carbonyl (C=O) groups is 2. The monoisotopic (exact) mass is 365 g/mol. The van der Waals surface area contributed by atoms with Gasteiger partial charge in [0.1, 0.15) is 5.65 Å². The molecule has 0 saturated heterocycles. The van der Waals surface area contributed by atoms with E-state index in [1.165, 1.54) is 0 Å². The number of pyridine rings is 1. The topological polar surface area (TPSA) is 72.7 Å². The summed E-state index contributed by atoms with van der Waals surface area (Å²) in [4.78, 5) is 28.7. The Morgan fingerprint density at radius 1 is 1.15 bits per heavy atom. The molecule has 0 bridgehead atoms. The molecule has 0 saturated carbocycles. The normalized spacial score (nSPS) is 11.9. The number of rotatable bonds is 7.